The van der Waals surface area contributed by atoms with Crippen LogP contribution in [0.2, 0.25) is 0 Å². The molecule has 3 nitrogen and oxygen atoms in total. The third-order valence-corrected chi connectivity index (χ3v) is 4.70. The molecule has 3 heteroatoms. The summed E-state index contributed by atoms with van der Waals surface area (Å²) < 4.78 is 5.68. The first-order chi connectivity index (χ1) is 9.59. The van der Waals surface area contributed by atoms with Gasteiger partial charge in [0.2, 0.25) is 0 Å². The topological polar surface area (TPSA) is 41.5 Å². The fourth-order valence-corrected chi connectivity index (χ4v) is 2.83. The Hall–Kier alpha value is -0.120. The van der Waals surface area contributed by atoms with Crippen LogP contribution in [0.1, 0.15) is 65.7 Å². The highest BCUT2D eigenvalue weighted by Crippen LogP contribution is 2.39. The van der Waals surface area contributed by atoms with Gasteiger partial charge < -0.3 is 15.2 Å². The van der Waals surface area contributed by atoms with E-state index >= 15 is 0 Å². The van der Waals surface area contributed by atoms with E-state index < -0.39 is 0 Å². The predicted octanol–water partition coefficient (Wildman–Crippen LogP) is 3.36. The second-order valence-electron chi connectivity index (χ2n) is 6.90. The zero-order valence-corrected chi connectivity index (χ0v) is 13.8. The molecule has 1 aliphatic carbocycles. The van der Waals surface area contributed by atoms with E-state index in [-0.39, 0.29) is 6.10 Å². The molecule has 0 aromatic rings. The minimum absolute atomic E-state index is 0.373. The molecule has 0 bridgehead atoms. The SMILES string of the molecule is CCCCC(CC)COCC(O)CNCC1(C)CCC1. The largest absolute Gasteiger partial charge is 0.389 e. The molecule has 20 heavy (non-hydrogen) atoms. The van der Waals surface area contributed by atoms with Crippen molar-refractivity contribution in [2.24, 2.45) is 11.3 Å². The van der Waals surface area contributed by atoms with Crippen molar-refractivity contribution >= 4 is 0 Å². The van der Waals surface area contributed by atoms with Crippen molar-refractivity contribution in [3.63, 3.8) is 0 Å². The fourth-order valence-electron chi connectivity index (χ4n) is 2.83. The van der Waals surface area contributed by atoms with Crippen LogP contribution >= 0.6 is 0 Å². The first-order valence-electron chi connectivity index (χ1n) is 8.56. The molecule has 2 unspecified atom stereocenters. The summed E-state index contributed by atoms with van der Waals surface area (Å²) in [6, 6.07) is 0. The van der Waals surface area contributed by atoms with Crippen LogP contribution in [0.15, 0.2) is 0 Å². The smallest absolute Gasteiger partial charge is 0.0897 e. The Bertz CT molecular complexity index is 241. The van der Waals surface area contributed by atoms with Gasteiger partial charge in [0.05, 0.1) is 12.7 Å². The number of rotatable bonds is 12. The van der Waals surface area contributed by atoms with Crippen LogP contribution in [-0.4, -0.2) is 37.5 Å². The van der Waals surface area contributed by atoms with Gasteiger partial charge in [-0.25, -0.2) is 0 Å². The van der Waals surface area contributed by atoms with E-state index in [0.29, 0.717) is 24.5 Å². The zero-order valence-electron chi connectivity index (χ0n) is 13.8. The minimum Gasteiger partial charge on any atom is -0.389 e. The van der Waals surface area contributed by atoms with Crippen molar-refractivity contribution in [1.29, 1.82) is 0 Å². The van der Waals surface area contributed by atoms with Crippen LogP contribution in [0.5, 0.6) is 0 Å². The van der Waals surface area contributed by atoms with Crippen LogP contribution in [-0.2, 0) is 4.74 Å². The number of aliphatic hydroxyl groups is 1. The molecule has 1 rings (SSSR count). The molecular weight excluding hydrogens is 250 g/mol. The lowest BCUT2D eigenvalue weighted by Gasteiger charge is -2.38. The molecule has 0 spiro atoms. The van der Waals surface area contributed by atoms with Gasteiger partial charge in [0.15, 0.2) is 0 Å². The third-order valence-electron chi connectivity index (χ3n) is 4.70. The zero-order chi connectivity index (χ0) is 14.8. The molecule has 0 saturated heterocycles. The van der Waals surface area contributed by atoms with Crippen LogP contribution in [0.3, 0.4) is 0 Å². The van der Waals surface area contributed by atoms with Crippen LogP contribution in [0.25, 0.3) is 0 Å². The summed E-state index contributed by atoms with van der Waals surface area (Å²) in [5, 5.41) is 13.3. The summed E-state index contributed by atoms with van der Waals surface area (Å²) in [7, 11) is 0. The van der Waals surface area contributed by atoms with Gasteiger partial charge in [-0.3, -0.25) is 0 Å². The molecule has 1 saturated carbocycles. The van der Waals surface area contributed by atoms with Crippen molar-refractivity contribution in [1.82, 2.24) is 5.32 Å². The molecule has 120 valence electrons. The lowest BCUT2D eigenvalue weighted by atomic mass is 9.70. The number of aliphatic hydroxyl groups excluding tert-OH is 1. The average Bonchev–Trinajstić information content (AvgIpc) is 2.40. The molecule has 0 radical (unpaired) electrons. The van der Waals surface area contributed by atoms with Gasteiger partial charge in [-0.2, -0.15) is 0 Å². The predicted molar refractivity (Wildman–Crippen MR) is 85.0 cm³/mol. The van der Waals surface area contributed by atoms with Crippen molar-refractivity contribution in [3.8, 4) is 0 Å². The highest BCUT2D eigenvalue weighted by atomic mass is 16.5. The van der Waals surface area contributed by atoms with Crippen molar-refractivity contribution in [2.45, 2.75) is 71.8 Å². The van der Waals surface area contributed by atoms with E-state index in [1.165, 1.54) is 44.9 Å². The van der Waals surface area contributed by atoms with Crippen LogP contribution in [0, 0.1) is 11.3 Å². The first-order valence-corrected chi connectivity index (χ1v) is 8.56. The van der Waals surface area contributed by atoms with Gasteiger partial charge in [-0.1, -0.05) is 46.5 Å². The number of hydrogen-bond donors (Lipinski definition) is 2. The van der Waals surface area contributed by atoms with Crippen molar-refractivity contribution < 1.29 is 9.84 Å². The first kappa shape index (κ1) is 17.9. The molecule has 2 N–H and O–H groups in total. The molecule has 0 aromatic carbocycles. The second kappa shape index (κ2) is 9.75. The number of hydrogen-bond acceptors (Lipinski definition) is 3. The van der Waals surface area contributed by atoms with E-state index in [0.717, 1.165) is 13.2 Å². The summed E-state index contributed by atoms with van der Waals surface area (Å²) in [5.41, 5.74) is 0.480. The quantitative estimate of drug-likeness (QED) is 0.578. The molecular formula is C17H35NO2. The number of nitrogens with one attached hydrogen (secondary N) is 1. The molecule has 0 amide bonds. The average molecular weight is 285 g/mol. The highest BCUT2D eigenvalue weighted by molar-refractivity contribution is 4.85. The monoisotopic (exact) mass is 285 g/mol. The Morgan fingerprint density at radius 2 is 2.00 bits per heavy atom. The standard InChI is InChI=1S/C17H35NO2/c1-4-6-8-15(5-2)12-20-13-16(19)11-18-14-17(3)9-7-10-17/h15-16,18-19H,4-14H2,1-3H3. The number of unbranched alkanes of at least 4 members (excludes halogenated alkanes) is 1. The maximum Gasteiger partial charge on any atom is 0.0897 e. The van der Waals surface area contributed by atoms with Gasteiger partial charge in [0.1, 0.15) is 0 Å². The molecule has 1 fully saturated rings. The number of ether oxygens (including phenoxy) is 1. The normalized spacial score (nSPS) is 20.4. The van der Waals surface area contributed by atoms with Crippen LogP contribution in [0.4, 0.5) is 0 Å². The summed E-state index contributed by atoms with van der Waals surface area (Å²) in [4.78, 5) is 0. The highest BCUT2D eigenvalue weighted by Gasteiger charge is 2.31. The van der Waals surface area contributed by atoms with Gasteiger partial charge in [0, 0.05) is 19.7 Å². The van der Waals surface area contributed by atoms with E-state index in [1.807, 2.05) is 0 Å². The van der Waals surface area contributed by atoms with Gasteiger partial charge in [0.25, 0.3) is 0 Å². The summed E-state index contributed by atoms with van der Waals surface area (Å²) in [6.45, 7) is 9.72. The Kier molecular flexibility index (Phi) is 8.74. The second-order valence-corrected chi connectivity index (χ2v) is 6.90. The minimum atomic E-state index is -0.373. The van der Waals surface area contributed by atoms with Crippen LogP contribution < -0.4 is 5.32 Å². The lowest BCUT2D eigenvalue weighted by molar-refractivity contribution is 0.0172. The summed E-state index contributed by atoms with van der Waals surface area (Å²) in [6.07, 6.45) is 8.59. The van der Waals surface area contributed by atoms with E-state index in [2.05, 4.69) is 26.1 Å². The fraction of sp³-hybridized carbons (Fsp3) is 1.00. The van der Waals surface area contributed by atoms with Gasteiger partial charge in [-0.15, -0.1) is 0 Å². The van der Waals surface area contributed by atoms with Crippen molar-refractivity contribution in [2.75, 3.05) is 26.3 Å². The van der Waals surface area contributed by atoms with Gasteiger partial charge >= 0.3 is 0 Å². The Morgan fingerprint density at radius 3 is 2.55 bits per heavy atom. The third kappa shape index (κ3) is 7.05. The van der Waals surface area contributed by atoms with Crippen molar-refractivity contribution in [3.05, 3.63) is 0 Å². The molecule has 0 aromatic heterocycles. The summed E-state index contributed by atoms with van der Waals surface area (Å²) >= 11 is 0. The summed E-state index contributed by atoms with van der Waals surface area (Å²) in [5.74, 6) is 0.656. The van der Waals surface area contributed by atoms with Gasteiger partial charge in [-0.05, 0) is 30.6 Å². The maximum atomic E-state index is 9.91. The Morgan fingerprint density at radius 1 is 1.25 bits per heavy atom. The molecule has 2 atom stereocenters. The van der Waals surface area contributed by atoms with E-state index in [9.17, 15) is 5.11 Å². The molecule has 1 aliphatic rings. The van der Waals surface area contributed by atoms with E-state index in [1.54, 1.807) is 0 Å². The maximum absolute atomic E-state index is 9.91. The lowest BCUT2D eigenvalue weighted by Crippen LogP contribution is -2.41. The Labute approximate surface area is 125 Å². The molecule has 0 heterocycles. The Balaban J connectivity index is 1.99. The van der Waals surface area contributed by atoms with E-state index in [4.69, 9.17) is 4.74 Å². The molecule has 0 aliphatic heterocycles.